The maximum Gasteiger partial charge on any atom is 0.338 e. The van der Waals surface area contributed by atoms with Crippen LogP contribution in [0, 0.1) is 0 Å². The number of rotatable bonds is 5. The number of ketones is 1. The zero-order valence-corrected chi connectivity index (χ0v) is 17.0. The highest BCUT2D eigenvalue weighted by atomic mass is 16.5. The number of allylic oxidation sites excluding steroid dienone is 1. The van der Waals surface area contributed by atoms with E-state index in [0.717, 1.165) is 22.3 Å². The van der Waals surface area contributed by atoms with E-state index in [2.05, 4.69) is 12.1 Å². The van der Waals surface area contributed by atoms with Gasteiger partial charge in [0.15, 0.2) is 5.78 Å². The lowest BCUT2D eigenvalue weighted by Gasteiger charge is -2.13. The minimum absolute atomic E-state index is 0.192. The van der Waals surface area contributed by atoms with Crippen LogP contribution in [0.4, 0.5) is 0 Å². The molecule has 0 saturated heterocycles. The molecular formula is C27H24O3. The predicted octanol–water partition coefficient (Wildman–Crippen LogP) is 5.81. The SMILES string of the molecule is CCOC(=O)c1ccc(/C(=C2\CC(c3ccccc3)CC2=O)c2ccccc2)cc1. The molecule has 0 heterocycles. The first-order chi connectivity index (χ1) is 14.7. The topological polar surface area (TPSA) is 43.4 Å². The molecule has 1 aliphatic rings. The molecule has 1 saturated carbocycles. The molecule has 1 unspecified atom stereocenters. The van der Waals surface area contributed by atoms with Crippen LogP contribution in [0.3, 0.4) is 0 Å². The molecule has 3 nitrogen and oxygen atoms in total. The Labute approximate surface area is 177 Å². The van der Waals surface area contributed by atoms with Gasteiger partial charge in [0.1, 0.15) is 0 Å². The normalized spacial score (nSPS) is 17.6. The van der Waals surface area contributed by atoms with E-state index in [0.29, 0.717) is 25.0 Å². The number of carbonyl (C=O) groups excluding carboxylic acids is 2. The maximum atomic E-state index is 13.1. The lowest BCUT2D eigenvalue weighted by Crippen LogP contribution is -2.05. The molecule has 0 spiro atoms. The van der Waals surface area contributed by atoms with Crippen LogP contribution >= 0.6 is 0 Å². The third-order valence-corrected chi connectivity index (χ3v) is 5.54. The van der Waals surface area contributed by atoms with Crippen molar-refractivity contribution in [1.82, 2.24) is 0 Å². The molecule has 1 fully saturated rings. The van der Waals surface area contributed by atoms with E-state index in [1.54, 1.807) is 19.1 Å². The summed E-state index contributed by atoms with van der Waals surface area (Å²) in [5.74, 6) is 0.0578. The average Bonchev–Trinajstić information content (AvgIpc) is 3.17. The van der Waals surface area contributed by atoms with Gasteiger partial charge in [-0.3, -0.25) is 4.79 Å². The second kappa shape index (κ2) is 8.91. The summed E-state index contributed by atoms with van der Waals surface area (Å²) in [4.78, 5) is 25.1. The molecule has 3 aromatic carbocycles. The summed E-state index contributed by atoms with van der Waals surface area (Å²) in [6.07, 6.45) is 1.24. The van der Waals surface area contributed by atoms with E-state index < -0.39 is 0 Å². The fourth-order valence-electron chi connectivity index (χ4n) is 4.09. The lowest BCUT2D eigenvalue weighted by molar-refractivity contribution is -0.114. The highest BCUT2D eigenvalue weighted by molar-refractivity contribution is 6.08. The van der Waals surface area contributed by atoms with Crippen molar-refractivity contribution in [2.24, 2.45) is 0 Å². The fourth-order valence-corrected chi connectivity index (χ4v) is 4.09. The van der Waals surface area contributed by atoms with E-state index in [1.165, 1.54) is 5.56 Å². The standard InChI is InChI=1S/C27H24O3/c1-2-30-27(29)22-15-13-21(14-16-22)26(20-11-7-4-8-12-20)24-17-23(18-25(24)28)19-9-5-3-6-10-19/h3-16,23H,2,17-18H2,1H3/b26-24+. The Morgan fingerprint density at radius 1 is 0.800 bits per heavy atom. The van der Waals surface area contributed by atoms with Gasteiger partial charge in [0.2, 0.25) is 0 Å². The number of hydrogen-bond donors (Lipinski definition) is 0. The Hall–Kier alpha value is -3.46. The summed E-state index contributed by atoms with van der Waals surface area (Å²) < 4.78 is 5.09. The van der Waals surface area contributed by atoms with Gasteiger partial charge < -0.3 is 4.74 Å². The van der Waals surface area contributed by atoms with E-state index in [9.17, 15) is 9.59 Å². The highest BCUT2D eigenvalue weighted by Gasteiger charge is 2.31. The number of esters is 1. The summed E-state index contributed by atoms with van der Waals surface area (Å²) >= 11 is 0. The number of hydrogen-bond acceptors (Lipinski definition) is 3. The van der Waals surface area contributed by atoms with Gasteiger partial charge in [-0.1, -0.05) is 72.8 Å². The summed E-state index contributed by atoms with van der Waals surface area (Å²) in [6.45, 7) is 2.13. The Morgan fingerprint density at radius 2 is 1.37 bits per heavy atom. The van der Waals surface area contributed by atoms with Gasteiger partial charge in [-0.2, -0.15) is 0 Å². The number of benzene rings is 3. The first-order valence-corrected chi connectivity index (χ1v) is 10.3. The van der Waals surface area contributed by atoms with Gasteiger partial charge >= 0.3 is 5.97 Å². The minimum atomic E-state index is -0.334. The van der Waals surface area contributed by atoms with E-state index in [-0.39, 0.29) is 17.7 Å². The van der Waals surface area contributed by atoms with E-state index in [1.807, 2.05) is 60.7 Å². The molecule has 0 aromatic heterocycles. The second-order valence-corrected chi connectivity index (χ2v) is 7.46. The summed E-state index contributed by atoms with van der Waals surface area (Å²) in [5, 5.41) is 0. The van der Waals surface area contributed by atoms with Crippen molar-refractivity contribution in [3.63, 3.8) is 0 Å². The van der Waals surface area contributed by atoms with Crippen LogP contribution in [-0.2, 0) is 9.53 Å². The van der Waals surface area contributed by atoms with Gasteiger partial charge in [0, 0.05) is 12.0 Å². The molecule has 0 bridgehead atoms. The number of carbonyl (C=O) groups is 2. The van der Waals surface area contributed by atoms with Crippen LogP contribution in [-0.4, -0.2) is 18.4 Å². The molecule has 3 aromatic rings. The van der Waals surface area contributed by atoms with Gasteiger partial charge in [-0.25, -0.2) is 4.79 Å². The summed E-state index contributed by atoms with van der Waals surface area (Å²) in [5.41, 5.74) is 5.47. The zero-order valence-electron chi connectivity index (χ0n) is 17.0. The van der Waals surface area contributed by atoms with Crippen molar-refractivity contribution in [2.75, 3.05) is 6.61 Å². The molecule has 1 atom stereocenters. The van der Waals surface area contributed by atoms with Crippen LogP contribution in [0.2, 0.25) is 0 Å². The Kier molecular flexibility index (Phi) is 5.89. The monoisotopic (exact) mass is 396 g/mol. The Morgan fingerprint density at radius 3 is 2.00 bits per heavy atom. The molecule has 4 rings (SSSR count). The van der Waals surface area contributed by atoms with Gasteiger partial charge in [0.25, 0.3) is 0 Å². The van der Waals surface area contributed by atoms with Crippen molar-refractivity contribution in [1.29, 1.82) is 0 Å². The van der Waals surface area contributed by atoms with Crippen molar-refractivity contribution in [3.05, 3.63) is 113 Å². The number of ether oxygens (including phenoxy) is 1. The third kappa shape index (κ3) is 4.11. The quantitative estimate of drug-likeness (QED) is 0.404. The highest BCUT2D eigenvalue weighted by Crippen LogP contribution is 2.41. The van der Waals surface area contributed by atoms with E-state index in [4.69, 9.17) is 4.74 Å². The van der Waals surface area contributed by atoms with E-state index >= 15 is 0 Å². The van der Waals surface area contributed by atoms with Gasteiger partial charge in [0.05, 0.1) is 12.2 Å². The molecular weight excluding hydrogens is 372 g/mol. The zero-order chi connectivity index (χ0) is 20.9. The predicted molar refractivity (Wildman–Crippen MR) is 118 cm³/mol. The molecule has 3 heteroatoms. The molecule has 0 amide bonds. The van der Waals surface area contributed by atoms with Crippen molar-refractivity contribution in [3.8, 4) is 0 Å². The van der Waals surface area contributed by atoms with Crippen LogP contribution in [0.15, 0.2) is 90.5 Å². The van der Waals surface area contributed by atoms with Crippen LogP contribution in [0.5, 0.6) is 0 Å². The molecule has 30 heavy (non-hydrogen) atoms. The molecule has 1 aliphatic carbocycles. The minimum Gasteiger partial charge on any atom is -0.462 e. The van der Waals surface area contributed by atoms with Crippen LogP contribution in [0.25, 0.3) is 5.57 Å². The maximum absolute atomic E-state index is 13.1. The lowest BCUT2D eigenvalue weighted by atomic mass is 9.90. The Bertz CT molecular complexity index is 1060. The molecule has 0 radical (unpaired) electrons. The van der Waals surface area contributed by atoms with Gasteiger partial charge in [-0.15, -0.1) is 0 Å². The smallest absolute Gasteiger partial charge is 0.338 e. The van der Waals surface area contributed by atoms with Crippen molar-refractivity contribution < 1.29 is 14.3 Å². The first kappa shape index (κ1) is 19.8. The molecule has 0 N–H and O–H groups in total. The van der Waals surface area contributed by atoms with Crippen LogP contribution < -0.4 is 0 Å². The van der Waals surface area contributed by atoms with Crippen LogP contribution in [0.1, 0.15) is 52.7 Å². The molecule has 150 valence electrons. The Balaban J connectivity index is 1.76. The summed E-state index contributed by atoms with van der Waals surface area (Å²) in [6, 6.07) is 27.6. The van der Waals surface area contributed by atoms with Crippen molar-refractivity contribution >= 4 is 17.3 Å². The largest absolute Gasteiger partial charge is 0.462 e. The summed E-state index contributed by atoms with van der Waals surface area (Å²) in [7, 11) is 0. The fraction of sp³-hybridized carbons (Fsp3) is 0.185. The number of Topliss-reactive ketones (excluding diaryl/α,β-unsaturated/α-hetero) is 1. The third-order valence-electron chi connectivity index (χ3n) is 5.54. The first-order valence-electron chi connectivity index (χ1n) is 10.3. The van der Waals surface area contributed by atoms with Gasteiger partial charge in [-0.05, 0) is 53.7 Å². The second-order valence-electron chi connectivity index (χ2n) is 7.46. The molecule has 0 aliphatic heterocycles. The van der Waals surface area contributed by atoms with Crippen molar-refractivity contribution in [2.45, 2.75) is 25.7 Å². The average molecular weight is 396 g/mol.